The molecule has 1 amide bonds. The summed E-state index contributed by atoms with van der Waals surface area (Å²) in [7, 11) is 0. The van der Waals surface area contributed by atoms with Crippen LogP contribution in [0, 0.1) is 10.1 Å². The molecule has 0 spiro atoms. The molecule has 0 bridgehead atoms. The molecule has 0 atom stereocenters. The standard InChI is InChI=1S/C23H22Cl2N4O3S2/c24-18-6-5-15(11-19(18)25)12-28-9-7-16(8-10-28)26-22(30)14-34-23-27-20(13-33-23)17-3-1-2-4-21(17)29(31)32/h1-6,11,13,16H,7-10,12,14H2,(H,26,30). The summed E-state index contributed by atoms with van der Waals surface area (Å²) < 4.78 is 0.708. The quantitative estimate of drug-likeness (QED) is 0.219. The van der Waals surface area contributed by atoms with E-state index in [2.05, 4.69) is 15.2 Å². The van der Waals surface area contributed by atoms with E-state index in [1.54, 1.807) is 23.6 Å². The SMILES string of the molecule is O=C(CSc1nc(-c2ccccc2[N+](=O)[O-])cs1)NC1CCN(Cc2ccc(Cl)c(Cl)c2)CC1. The van der Waals surface area contributed by atoms with Gasteiger partial charge in [0.1, 0.15) is 0 Å². The van der Waals surface area contributed by atoms with Crippen molar-refractivity contribution >= 4 is 57.9 Å². The number of aromatic nitrogens is 1. The monoisotopic (exact) mass is 536 g/mol. The minimum absolute atomic E-state index is 0.0209. The molecule has 0 radical (unpaired) electrons. The Balaban J connectivity index is 1.22. The van der Waals surface area contributed by atoms with Crippen molar-refractivity contribution in [3.05, 3.63) is 73.6 Å². The van der Waals surface area contributed by atoms with Gasteiger partial charge in [-0.1, -0.05) is 53.2 Å². The average Bonchev–Trinajstić information content (AvgIpc) is 3.30. The van der Waals surface area contributed by atoms with E-state index in [1.165, 1.54) is 29.2 Å². The lowest BCUT2D eigenvalue weighted by molar-refractivity contribution is -0.384. The number of nitrogens with zero attached hydrogens (tertiary/aromatic N) is 3. The van der Waals surface area contributed by atoms with Crippen molar-refractivity contribution in [2.24, 2.45) is 0 Å². The van der Waals surface area contributed by atoms with E-state index in [4.69, 9.17) is 23.2 Å². The Morgan fingerprint density at radius 2 is 1.97 bits per heavy atom. The first-order valence-corrected chi connectivity index (χ1v) is 13.3. The number of hydrogen-bond donors (Lipinski definition) is 1. The number of benzene rings is 2. The van der Waals surface area contributed by atoms with E-state index < -0.39 is 4.92 Å². The van der Waals surface area contributed by atoms with E-state index in [-0.39, 0.29) is 23.4 Å². The Labute approximate surface area is 215 Å². The van der Waals surface area contributed by atoms with Crippen LogP contribution in [0.1, 0.15) is 18.4 Å². The highest BCUT2D eigenvalue weighted by atomic mass is 35.5. The normalized spacial score (nSPS) is 14.8. The maximum Gasteiger partial charge on any atom is 0.278 e. The number of nitrogens with one attached hydrogen (secondary N) is 1. The molecule has 0 aliphatic carbocycles. The summed E-state index contributed by atoms with van der Waals surface area (Å²) >= 11 is 14.8. The van der Waals surface area contributed by atoms with Crippen LogP contribution in [0.2, 0.25) is 10.0 Å². The second kappa shape index (κ2) is 11.5. The van der Waals surface area contributed by atoms with Gasteiger partial charge in [0.15, 0.2) is 4.34 Å². The Morgan fingerprint density at radius 1 is 1.21 bits per heavy atom. The van der Waals surface area contributed by atoms with Gasteiger partial charge in [0, 0.05) is 37.1 Å². The van der Waals surface area contributed by atoms with E-state index >= 15 is 0 Å². The molecule has 11 heteroatoms. The summed E-state index contributed by atoms with van der Waals surface area (Å²) in [6.07, 6.45) is 1.77. The Kier molecular flexibility index (Phi) is 8.44. The highest BCUT2D eigenvalue weighted by molar-refractivity contribution is 8.01. The first kappa shape index (κ1) is 24.9. The number of halogens is 2. The van der Waals surface area contributed by atoms with Gasteiger partial charge in [0.25, 0.3) is 5.69 Å². The van der Waals surface area contributed by atoms with Crippen LogP contribution in [0.4, 0.5) is 5.69 Å². The van der Waals surface area contributed by atoms with Crippen LogP contribution in [0.5, 0.6) is 0 Å². The smallest absolute Gasteiger partial charge is 0.278 e. The van der Waals surface area contributed by atoms with Gasteiger partial charge >= 0.3 is 0 Å². The van der Waals surface area contributed by atoms with Gasteiger partial charge in [-0.2, -0.15) is 0 Å². The number of nitro benzene ring substituents is 1. The van der Waals surface area contributed by atoms with E-state index in [0.29, 0.717) is 25.6 Å². The van der Waals surface area contributed by atoms with Gasteiger partial charge in [-0.15, -0.1) is 11.3 Å². The first-order chi connectivity index (χ1) is 16.4. The maximum absolute atomic E-state index is 12.5. The second-order valence-corrected chi connectivity index (χ2v) is 10.8. The van der Waals surface area contributed by atoms with Gasteiger partial charge in [0.05, 0.1) is 32.0 Å². The summed E-state index contributed by atoms with van der Waals surface area (Å²) in [6, 6.07) is 12.4. The second-order valence-electron chi connectivity index (χ2n) is 7.93. The fraction of sp³-hybridized carbons (Fsp3) is 0.304. The Morgan fingerprint density at radius 3 is 2.71 bits per heavy atom. The number of piperidine rings is 1. The maximum atomic E-state index is 12.5. The fourth-order valence-electron chi connectivity index (χ4n) is 3.82. The number of nitro groups is 1. The van der Waals surface area contributed by atoms with Gasteiger partial charge in [0.2, 0.25) is 5.91 Å². The molecular weight excluding hydrogens is 515 g/mol. The molecule has 0 saturated carbocycles. The number of carbonyl (C=O) groups excluding carboxylic acids is 1. The van der Waals surface area contributed by atoms with Crippen molar-refractivity contribution in [2.45, 2.75) is 29.8 Å². The Hall–Kier alpha value is -2.17. The van der Waals surface area contributed by atoms with Crippen LogP contribution >= 0.6 is 46.3 Å². The fourth-order valence-corrected chi connectivity index (χ4v) is 5.78. The summed E-state index contributed by atoms with van der Waals surface area (Å²) in [4.78, 5) is 30.1. The van der Waals surface area contributed by atoms with Crippen LogP contribution in [0.15, 0.2) is 52.2 Å². The van der Waals surface area contributed by atoms with E-state index in [9.17, 15) is 14.9 Å². The van der Waals surface area contributed by atoms with Crippen molar-refractivity contribution in [1.29, 1.82) is 0 Å². The number of carbonyl (C=O) groups is 1. The summed E-state index contributed by atoms with van der Waals surface area (Å²) in [6.45, 7) is 2.59. The topological polar surface area (TPSA) is 88.4 Å². The van der Waals surface area contributed by atoms with Crippen molar-refractivity contribution in [1.82, 2.24) is 15.2 Å². The molecule has 178 valence electrons. The number of hydrogen-bond acceptors (Lipinski definition) is 7. The molecule has 7 nitrogen and oxygen atoms in total. The average molecular weight is 537 g/mol. The molecule has 1 aliphatic rings. The minimum Gasteiger partial charge on any atom is -0.353 e. The molecule has 2 aromatic carbocycles. The summed E-state index contributed by atoms with van der Waals surface area (Å²) in [5.41, 5.74) is 2.17. The number of rotatable bonds is 8. The number of amides is 1. The molecule has 1 fully saturated rings. The number of thioether (sulfide) groups is 1. The van der Waals surface area contributed by atoms with E-state index in [1.807, 2.05) is 18.2 Å². The molecule has 0 unspecified atom stereocenters. The summed E-state index contributed by atoms with van der Waals surface area (Å²) in [5, 5.41) is 17.3. The predicted molar refractivity (Wildman–Crippen MR) is 138 cm³/mol. The van der Waals surface area contributed by atoms with Crippen molar-refractivity contribution in [3.63, 3.8) is 0 Å². The number of para-hydroxylation sites is 1. The lowest BCUT2D eigenvalue weighted by Crippen LogP contribution is -2.44. The molecule has 4 rings (SSSR count). The largest absolute Gasteiger partial charge is 0.353 e. The molecule has 1 saturated heterocycles. The van der Waals surface area contributed by atoms with Crippen LogP contribution in [-0.4, -0.2) is 45.6 Å². The third kappa shape index (κ3) is 6.49. The minimum atomic E-state index is -0.412. The predicted octanol–water partition coefficient (Wildman–Crippen LogP) is 5.90. The van der Waals surface area contributed by atoms with Crippen molar-refractivity contribution in [3.8, 4) is 11.3 Å². The molecule has 3 aromatic rings. The number of thiazole rings is 1. The van der Waals surface area contributed by atoms with E-state index in [0.717, 1.165) is 38.0 Å². The van der Waals surface area contributed by atoms with Crippen molar-refractivity contribution < 1.29 is 9.72 Å². The zero-order valence-corrected chi connectivity index (χ0v) is 21.2. The first-order valence-electron chi connectivity index (χ1n) is 10.7. The van der Waals surface area contributed by atoms with Crippen LogP contribution in [0.25, 0.3) is 11.3 Å². The lowest BCUT2D eigenvalue weighted by Gasteiger charge is -2.32. The molecule has 1 aromatic heterocycles. The van der Waals surface area contributed by atoms with Gasteiger partial charge in [-0.25, -0.2) is 4.98 Å². The van der Waals surface area contributed by atoms with Gasteiger partial charge in [-0.3, -0.25) is 19.8 Å². The molecule has 34 heavy (non-hydrogen) atoms. The summed E-state index contributed by atoms with van der Waals surface area (Å²) in [5.74, 6) is 0.225. The lowest BCUT2D eigenvalue weighted by atomic mass is 10.0. The third-order valence-corrected chi connectivity index (χ3v) is 8.29. The highest BCUT2D eigenvalue weighted by Crippen LogP contribution is 2.33. The number of likely N-dealkylation sites (tertiary alicyclic amines) is 1. The molecule has 1 aliphatic heterocycles. The highest BCUT2D eigenvalue weighted by Gasteiger charge is 2.22. The Bertz CT molecular complexity index is 1180. The zero-order chi connectivity index (χ0) is 24.1. The van der Waals surface area contributed by atoms with Crippen LogP contribution in [0.3, 0.4) is 0 Å². The zero-order valence-electron chi connectivity index (χ0n) is 18.1. The molecule has 1 N–H and O–H groups in total. The molecule has 2 heterocycles. The third-order valence-electron chi connectivity index (χ3n) is 5.53. The van der Waals surface area contributed by atoms with Gasteiger partial charge < -0.3 is 5.32 Å². The van der Waals surface area contributed by atoms with Crippen molar-refractivity contribution in [2.75, 3.05) is 18.8 Å². The van der Waals surface area contributed by atoms with Crippen LogP contribution < -0.4 is 5.32 Å². The van der Waals surface area contributed by atoms with Crippen LogP contribution in [-0.2, 0) is 11.3 Å². The molecular formula is C23H22Cl2N4O3S2. The van der Waals surface area contributed by atoms with Gasteiger partial charge in [-0.05, 0) is 36.6 Å².